The summed E-state index contributed by atoms with van der Waals surface area (Å²) in [6, 6.07) is 0.183. The van der Waals surface area contributed by atoms with E-state index < -0.39 is 7.37 Å². The number of hydrogen-bond donors (Lipinski definition) is 0. The van der Waals surface area contributed by atoms with Crippen molar-refractivity contribution in [2.45, 2.75) is 64.3 Å². The minimum Gasteiger partial charge on any atom is -0.379 e. The van der Waals surface area contributed by atoms with Crippen LogP contribution in [-0.4, -0.2) is 61.9 Å². The van der Waals surface area contributed by atoms with Crippen LogP contribution in [0.15, 0.2) is 0 Å². The summed E-state index contributed by atoms with van der Waals surface area (Å²) in [6.45, 7) is 16.4. The Morgan fingerprint density at radius 3 is 2.25 bits per heavy atom. The van der Waals surface area contributed by atoms with E-state index in [1.54, 1.807) is 6.66 Å². The molecule has 1 aliphatic heterocycles. The molecule has 3 atom stereocenters. The molecule has 20 heavy (non-hydrogen) atoms. The number of hydrogen-bond acceptors (Lipinski definition) is 4. The number of nitrogens with zero attached hydrogens (tertiary/aromatic N) is 1. The van der Waals surface area contributed by atoms with Crippen molar-refractivity contribution < 1.29 is 13.8 Å². The predicted octanol–water partition coefficient (Wildman–Crippen LogP) is 2.17. The minimum atomic E-state index is -2.62. The summed E-state index contributed by atoms with van der Waals surface area (Å²) in [5.41, 5.74) is 0.121. The van der Waals surface area contributed by atoms with Crippen LogP contribution in [0.3, 0.4) is 0 Å². The average Bonchev–Trinajstić information content (AvgIpc) is 2.23. The van der Waals surface area contributed by atoms with Gasteiger partial charge in [-0.1, -0.05) is 20.8 Å². The molecule has 3 unspecified atom stereocenters. The third kappa shape index (κ3) is 4.87. The monoisotopic (exact) mass is 303 g/mol. The van der Waals surface area contributed by atoms with Gasteiger partial charge in [-0.15, -0.1) is 0 Å². The van der Waals surface area contributed by atoms with Crippen LogP contribution in [0.4, 0.5) is 0 Å². The first kappa shape index (κ1) is 18.2. The van der Waals surface area contributed by atoms with E-state index in [-0.39, 0.29) is 22.8 Å². The lowest BCUT2D eigenvalue weighted by molar-refractivity contribution is -0.0898. The van der Waals surface area contributed by atoms with E-state index in [9.17, 15) is 4.57 Å². The van der Waals surface area contributed by atoms with Gasteiger partial charge in [-0.3, -0.25) is 9.46 Å². The van der Waals surface area contributed by atoms with Gasteiger partial charge in [-0.2, -0.15) is 0 Å². The molecule has 1 rings (SSSR count). The Kier molecular flexibility index (Phi) is 5.58. The Bertz CT molecular complexity index is 376. The first-order chi connectivity index (χ1) is 8.83. The summed E-state index contributed by atoms with van der Waals surface area (Å²) < 4.78 is 24.2. The predicted molar refractivity (Wildman–Crippen MR) is 87.8 cm³/mol. The van der Waals surface area contributed by atoms with Gasteiger partial charge in [-0.05, 0) is 20.8 Å². The molecule has 0 bridgehead atoms. The van der Waals surface area contributed by atoms with Crippen LogP contribution in [0.2, 0.25) is 0 Å². The van der Waals surface area contributed by atoms with E-state index in [1.807, 2.05) is 20.8 Å². The Morgan fingerprint density at radius 2 is 1.80 bits per heavy atom. The van der Waals surface area contributed by atoms with Gasteiger partial charge in [0.2, 0.25) is 7.37 Å². The normalized spacial score (nSPS) is 29.1. The van der Waals surface area contributed by atoms with E-state index in [2.05, 4.69) is 33.5 Å². The second kappa shape index (κ2) is 6.12. The van der Waals surface area contributed by atoms with Crippen molar-refractivity contribution in [1.29, 1.82) is 0 Å². The van der Waals surface area contributed by atoms with Gasteiger partial charge in [-0.25, -0.2) is 0 Å². The van der Waals surface area contributed by atoms with Crippen LogP contribution >= 0.6 is 7.37 Å². The van der Waals surface area contributed by atoms with Gasteiger partial charge >= 0.3 is 0 Å². The van der Waals surface area contributed by atoms with Crippen LogP contribution in [-0.2, 0) is 13.8 Å². The number of rotatable bonds is 3. The molecule has 1 heterocycles. The second-order valence-corrected chi connectivity index (χ2v) is 11.2. The fraction of sp³-hybridized carbons (Fsp3) is 1.00. The van der Waals surface area contributed by atoms with Gasteiger partial charge in [0.1, 0.15) is 7.85 Å². The molecule has 1 saturated heterocycles. The highest BCUT2D eigenvalue weighted by atomic mass is 31.2. The largest absolute Gasteiger partial charge is 0.379 e. The van der Waals surface area contributed by atoms with Crippen molar-refractivity contribution in [2.24, 2.45) is 0 Å². The molecule has 0 aromatic rings. The van der Waals surface area contributed by atoms with Crippen LogP contribution in [0.25, 0.3) is 0 Å². The molecule has 118 valence electrons. The van der Waals surface area contributed by atoms with E-state index in [4.69, 9.17) is 9.26 Å². The zero-order valence-electron chi connectivity index (χ0n) is 14.4. The van der Waals surface area contributed by atoms with Crippen LogP contribution in [0.1, 0.15) is 41.5 Å². The zero-order valence-corrected chi connectivity index (χ0v) is 15.3. The van der Waals surface area contributed by atoms with Gasteiger partial charge in [0.15, 0.2) is 0 Å². The Hall–Kier alpha value is 0.175. The molecule has 6 heteroatoms. The van der Waals surface area contributed by atoms with Gasteiger partial charge < -0.3 is 9.26 Å². The third-order valence-electron chi connectivity index (χ3n) is 4.00. The smallest absolute Gasteiger partial charge is 0.205 e. The third-order valence-corrected chi connectivity index (χ3v) is 7.08. The van der Waals surface area contributed by atoms with Crippen molar-refractivity contribution in [3.05, 3.63) is 0 Å². The van der Waals surface area contributed by atoms with E-state index >= 15 is 0 Å². The molecule has 0 aromatic heterocycles. The van der Waals surface area contributed by atoms with Crippen molar-refractivity contribution in [3.8, 4) is 0 Å². The fourth-order valence-electron chi connectivity index (χ4n) is 2.10. The van der Waals surface area contributed by atoms with E-state index in [1.165, 1.54) is 0 Å². The van der Waals surface area contributed by atoms with Crippen molar-refractivity contribution in [2.75, 3.05) is 26.4 Å². The Labute approximate surface area is 125 Å². The zero-order chi connectivity index (χ0) is 15.8. The van der Waals surface area contributed by atoms with Gasteiger partial charge in [0.25, 0.3) is 0 Å². The highest BCUT2D eigenvalue weighted by Crippen LogP contribution is 2.55. The van der Waals surface area contributed by atoms with Crippen molar-refractivity contribution >= 4 is 15.2 Å². The highest BCUT2D eigenvalue weighted by Gasteiger charge is 2.36. The van der Waals surface area contributed by atoms with Crippen molar-refractivity contribution in [1.82, 2.24) is 4.90 Å². The number of morpholine rings is 1. The van der Waals surface area contributed by atoms with E-state index in [0.717, 1.165) is 13.1 Å². The highest BCUT2D eigenvalue weighted by molar-refractivity contribution is 7.59. The lowest BCUT2D eigenvalue weighted by Crippen LogP contribution is -2.56. The molecule has 0 aliphatic carbocycles. The molecule has 0 N–H and O–H groups in total. The lowest BCUT2D eigenvalue weighted by atomic mass is 9.94. The molecule has 0 saturated carbocycles. The summed E-state index contributed by atoms with van der Waals surface area (Å²) in [4.78, 5) is 2.41. The quantitative estimate of drug-likeness (QED) is 0.592. The number of ether oxygens (including phenoxy) is 1. The Morgan fingerprint density at radius 1 is 1.25 bits per heavy atom. The molecule has 0 aromatic carbocycles. The minimum absolute atomic E-state index is 0.00593. The van der Waals surface area contributed by atoms with Crippen molar-refractivity contribution in [3.63, 3.8) is 0 Å². The second-order valence-electron chi connectivity index (χ2n) is 7.96. The van der Waals surface area contributed by atoms with Gasteiger partial charge in [0, 0.05) is 36.5 Å². The molecular formula is C14H31BNO3P. The lowest BCUT2D eigenvalue weighted by Gasteiger charge is -2.44. The summed E-state index contributed by atoms with van der Waals surface area (Å²) in [5, 5.41) is -0.322. The molecule has 0 radical (unpaired) electrons. The molecular weight excluding hydrogens is 272 g/mol. The molecule has 0 amide bonds. The molecule has 0 spiro atoms. The fourth-order valence-corrected chi connectivity index (χ4v) is 2.94. The first-order valence-electron chi connectivity index (χ1n) is 7.45. The standard InChI is InChI=1S/C14H31BNO3P/c1-13(2,3)16-8-11(19-12(15)9-16)10-18-20(7,17)14(4,5)6/h11-12H,8-10,15H2,1-7H3. The maximum Gasteiger partial charge on any atom is 0.205 e. The molecule has 4 nitrogen and oxygen atoms in total. The summed E-state index contributed by atoms with van der Waals surface area (Å²) >= 11 is 0. The summed E-state index contributed by atoms with van der Waals surface area (Å²) in [7, 11) is -0.538. The first-order valence-corrected chi connectivity index (χ1v) is 9.53. The van der Waals surface area contributed by atoms with Crippen LogP contribution in [0.5, 0.6) is 0 Å². The Balaban J connectivity index is 2.62. The summed E-state index contributed by atoms with van der Waals surface area (Å²) in [6.07, 6.45) is -0.00593. The average molecular weight is 303 g/mol. The maximum atomic E-state index is 12.5. The molecule has 1 aliphatic rings. The molecule has 1 fully saturated rings. The maximum absolute atomic E-state index is 12.5. The van der Waals surface area contributed by atoms with Crippen LogP contribution < -0.4 is 0 Å². The van der Waals surface area contributed by atoms with Gasteiger partial charge in [0.05, 0.1) is 12.7 Å². The van der Waals surface area contributed by atoms with Crippen LogP contribution in [0, 0.1) is 0 Å². The van der Waals surface area contributed by atoms with E-state index in [0.29, 0.717) is 6.61 Å². The summed E-state index contributed by atoms with van der Waals surface area (Å²) in [5.74, 6) is 0. The SMILES string of the molecule is BC1CN(C(C)(C)C)CC(COP(C)(=O)C(C)(C)C)O1. The topological polar surface area (TPSA) is 38.8 Å².